The van der Waals surface area contributed by atoms with Crippen molar-refractivity contribution in [2.75, 3.05) is 37.4 Å². The smallest absolute Gasteiger partial charge is 0.325 e. The van der Waals surface area contributed by atoms with Crippen molar-refractivity contribution in [1.82, 2.24) is 19.9 Å². The average molecular weight is 557 g/mol. The molecule has 0 aliphatic carbocycles. The molecule has 1 fully saturated rings. The summed E-state index contributed by atoms with van der Waals surface area (Å²) in [4.78, 5) is 34.9. The quantitative estimate of drug-likeness (QED) is 0.266. The Morgan fingerprint density at radius 1 is 1.12 bits per heavy atom. The Morgan fingerprint density at radius 3 is 2.85 bits per heavy atom. The molecule has 0 radical (unpaired) electrons. The highest BCUT2D eigenvalue weighted by atomic mass is 32.1. The number of amides is 2. The Morgan fingerprint density at radius 2 is 2.00 bits per heavy atom. The number of hydrogen-bond donors (Lipinski definition) is 3. The van der Waals surface area contributed by atoms with Gasteiger partial charge in [0.05, 0.1) is 47.3 Å². The predicted octanol–water partition coefficient (Wildman–Crippen LogP) is 4.70. The molecular weight excluding hydrogens is 528 g/mol. The van der Waals surface area contributed by atoms with Gasteiger partial charge in [0.1, 0.15) is 5.75 Å². The Balaban J connectivity index is 1.20. The summed E-state index contributed by atoms with van der Waals surface area (Å²) in [6.07, 6.45) is 2.45. The van der Waals surface area contributed by atoms with E-state index in [0.717, 1.165) is 40.9 Å². The van der Waals surface area contributed by atoms with Crippen LogP contribution >= 0.6 is 11.3 Å². The number of nitrogens with zero attached hydrogens (tertiary/aromatic N) is 3. The summed E-state index contributed by atoms with van der Waals surface area (Å²) < 4.78 is 13.6. The van der Waals surface area contributed by atoms with E-state index >= 15 is 0 Å². The number of hydrogen-bond acceptors (Lipinski definition) is 8. The van der Waals surface area contributed by atoms with E-state index in [9.17, 15) is 9.59 Å². The molecule has 204 valence electrons. The summed E-state index contributed by atoms with van der Waals surface area (Å²) in [6.45, 7) is 2.89. The number of methoxy groups -OCH3 is 1. The number of rotatable bonds is 7. The number of nitrogens with one attached hydrogen (secondary N) is 3. The molecule has 3 N–H and O–H groups in total. The number of fused-ring (bicyclic) bond motifs is 2. The lowest BCUT2D eigenvalue weighted by Gasteiger charge is -2.23. The van der Waals surface area contributed by atoms with Crippen molar-refractivity contribution in [3.05, 3.63) is 77.3 Å². The molecular formula is C29H28N6O4S. The Kier molecular flexibility index (Phi) is 7.41. The number of aryl methyl sites for hydroxylation is 1. The number of morpholine rings is 1. The largest absolute Gasteiger partial charge is 0.497 e. The van der Waals surface area contributed by atoms with Gasteiger partial charge in [0.25, 0.3) is 5.56 Å². The number of urea groups is 1. The predicted molar refractivity (Wildman–Crippen MR) is 157 cm³/mol. The summed E-state index contributed by atoms with van der Waals surface area (Å²) in [5.74, 6) is 0.653. The molecule has 1 saturated heterocycles. The van der Waals surface area contributed by atoms with Crippen LogP contribution < -0.4 is 26.2 Å². The number of thiazole rings is 1. The molecule has 3 heterocycles. The molecule has 0 saturated carbocycles. The zero-order valence-electron chi connectivity index (χ0n) is 21.8. The van der Waals surface area contributed by atoms with E-state index in [1.54, 1.807) is 42.3 Å². The van der Waals surface area contributed by atoms with Crippen molar-refractivity contribution in [3.8, 4) is 16.9 Å². The van der Waals surface area contributed by atoms with Gasteiger partial charge in [0.2, 0.25) is 0 Å². The lowest BCUT2D eigenvalue weighted by Crippen LogP contribution is -2.39. The normalized spacial score (nSPS) is 15.3. The topological polar surface area (TPSA) is 119 Å². The maximum atomic E-state index is 13.3. The molecule has 2 aromatic heterocycles. The van der Waals surface area contributed by atoms with Gasteiger partial charge >= 0.3 is 6.03 Å². The van der Waals surface area contributed by atoms with Crippen molar-refractivity contribution < 1.29 is 14.3 Å². The number of anilines is 2. The first kappa shape index (κ1) is 25.9. The van der Waals surface area contributed by atoms with Crippen LogP contribution in [0.2, 0.25) is 0 Å². The van der Waals surface area contributed by atoms with Gasteiger partial charge in [-0.05, 0) is 53.9 Å². The fourth-order valence-corrected chi connectivity index (χ4v) is 5.55. The standard InChI is InChI=1S/C29H28N6O4S/c1-38-21-4-2-3-20(15-21)32-28(37)34-29-33-25-14-19(6-8-26(25)40-29)18-5-7-24-23(13-18)27(36)35(17-31-24)11-9-22-16-30-10-12-39-22/h2-8,13-15,17,22,30H,9-12,16H2,1H3,(H2,32,33,34,37). The molecule has 40 heavy (non-hydrogen) atoms. The third kappa shape index (κ3) is 5.67. The van der Waals surface area contributed by atoms with Gasteiger partial charge < -0.3 is 20.1 Å². The van der Waals surface area contributed by atoms with E-state index in [4.69, 9.17) is 9.47 Å². The average Bonchev–Trinajstić information content (AvgIpc) is 3.38. The van der Waals surface area contributed by atoms with E-state index in [1.165, 1.54) is 11.3 Å². The molecule has 1 unspecified atom stereocenters. The van der Waals surface area contributed by atoms with Crippen molar-refractivity contribution >= 4 is 49.3 Å². The zero-order chi connectivity index (χ0) is 27.5. The van der Waals surface area contributed by atoms with Crippen LogP contribution in [0.4, 0.5) is 15.6 Å². The maximum Gasteiger partial charge on any atom is 0.325 e. The van der Waals surface area contributed by atoms with E-state index in [2.05, 4.69) is 25.9 Å². The Labute approximate surface area is 234 Å². The van der Waals surface area contributed by atoms with Crippen molar-refractivity contribution in [3.63, 3.8) is 0 Å². The lowest BCUT2D eigenvalue weighted by atomic mass is 10.0. The molecule has 1 aliphatic heterocycles. The van der Waals surface area contributed by atoms with Gasteiger partial charge in [-0.15, -0.1) is 0 Å². The molecule has 0 bridgehead atoms. The molecule has 0 spiro atoms. The Hall–Kier alpha value is -4.32. The van der Waals surface area contributed by atoms with Crippen LogP contribution in [0.5, 0.6) is 5.75 Å². The molecule has 11 heteroatoms. The fourth-order valence-electron chi connectivity index (χ4n) is 4.71. The monoisotopic (exact) mass is 556 g/mol. The number of ether oxygens (including phenoxy) is 2. The number of aromatic nitrogens is 3. The van der Waals surface area contributed by atoms with Gasteiger partial charge in [0.15, 0.2) is 5.13 Å². The minimum Gasteiger partial charge on any atom is -0.497 e. The highest BCUT2D eigenvalue weighted by molar-refractivity contribution is 7.22. The number of benzene rings is 3. The maximum absolute atomic E-state index is 13.3. The van der Waals surface area contributed by atoms with Gasteiger partial charge in [-0.1, -0.05) is 29.5 Å². The van der Waals surface area contributed by atoms with Gasteiger partial charge in [-0.2, -0.15) is 0 Å². The van der Waals surface area contributed by atoms with E-state index in [0.29, 0.717) is 40.6 Å². The number of carbonyl (C=O) groups excluding carboxylic acids is 1. The van der Waals surface area contributed by atoms with Crippen molar-refractivity contribution in [2.45, 2.75) is 19.1 Å². The summed E-state index contributed by atoms with van der Waals surface area (Å²) >= 11 is 1.39. The van der Waals surface area contributed by atoms with Crippen LogP contribution in [0.3, 0.4) is 0 Å². The molecule has 1 atom stereocenters. The molecule has 1 aliphatic rings. The van der Waals surface area contributed by atoms with Crippen LogP contribution in [-0.4, -0.2) is 53.5 Å². The van der Waals surface area contributed by atoms with Gasteiger partial charge in [0, 0.05) is 31.4 Å². The second kappa shape index (κ2) is 11.4. The van der Waals surface area contributed by atoms with Gasteiger partial charge in [-0.3, -0.25) is 14.7 Å². The number of carbonyl (C=O) groups is 1. The van der Waals surface area contributed by atoms with E-state index < -0.39 is 6.03 Å². The third-order valence-electron chi connectivity index (χ3n) is 6.79. The second-order valence-corrected chi connectivity index (χ2v) is 10.5. The van der Waals surface area contributed by atoms with E-state index in [1.807, 2.05) is 36.4 Å². The zero-order valence-corrected chi connectivity index (χ0v) is 22.7. The molecule has 3 aromatic carbocycles. The first-order chi connectivity index (χ1) is 19.6. The summed E-state index contributed by atoms with van der Waals surface area (Å²) in [6, 6.07) is 18.4. The molecule has 6 rings (SSSR count). The first-order valence-electron chi connectivity index (χ1n) is 13.0. The van der Waals surface area contributed by atoms with Crippen LogP contribution in [0.15, 0.2) is 71.8 Å². The molecule has 2 amide bonds. The Bertz CT molecular complexity index is 1740. The highest BCUT2D eigenvalue weighted by Crippen LogP contribution is 2.31. The third-order valence-corrected chi connectivity index (χ3v) is 7.74. The van der Waals surface area contributed by atoms with Crippen LogP contribution in [0, 0.1) is 0 Å². The minimum absolute atomic E-state index is 0.0705. The lowest BCUT2D eigenvalue weighted by molar-refractivity contribution is 0.0209. The molecule has 5 aromatic rings. The van der Waals surface area contributed by atoms with Crippen LogP contribution in [-0.2, 0) is 11.3 Å². The fraction of sp³-hybridized carbons (Fsp3) is 0.241. The van der Waals surface area contributed by atoms with Gasteiger partial charge in [-0.25, -0.2) is 14.8 Å². The highest BCUT2D eigenvalue weighted by Gasteiger charge is 2.15. The summed E-state index contributed by atoms with van der Waals surface area (Å²) in [5, 5.41) is 9.96. The SMILES string of the molecule is COc1cccc(NC(=O)Nc2nc3cc(-c4ccc5ncn(CCC6CNCCO6)c(=O)c5c4)ccc3s2)c1. The van der Waals surface area contributed by atoms with Crippen LogP contribution in [0.1, 0.15) is 6.42 Å². The van der Waals surface area contributed by atoms with Crippen LogP contribution in [0.25, 0.3) is 32.2 Å². The summed E-state index contributed by atoms with van der Waals surface area (Å²) in [5.41, 5.74) is 3.77. The second-order valence-electron chi connectivity index (χ2n) is 9.47. The summed E-state index contributed by atoms with van der Waals surface area (Å²) in [7, 11) is 1.58. The molecule has 10 nitrogen and oxygen atoms in total. The first-order valence-corrected chi connectivity index (χ1v) is 13.8. The van der Waals surface area contributed by atoms with Crippen molar-refractivity contribution in [1.29, 1.82) is 0 Å². The minimum atomic E-state index is -0.392. The van der Waals surface area contributed by atoms with Crippen molar-refractivity contribution in [2.24, 2.45) is 0 Å². The van der Waals surface area contributed by atoms with E-state index in [-0.39, 0.29) is 11.7 Å².